The van der Waals surface area contributed by atoms with Crippen molar-refractivity contribution in [3.8, 4) is 5.75 Å². The number of hydrogen-bond donors (Lipinski definition) is 1. The number of hydrogen-bond acceptors (Lipinski definition) is 5. The molecule has 9 heteroatoms. The fourth-order valence-corrected chi connectivity index (χ4v) is 2.84. The van der Waals surface area contributed by atoms with Gasteiger partial charge in [-0.05, 0) is 56.2 Å². The summed E-state index contributed by atoms with van der Waals surface area (Å²) in [6.07, 6.45) is 0. The van der Waals surface area contributed by atoms with Crippen LogP contribution in [-0.4, -0.2) is 22.4 Å². The van der Waals surface area contributed by atoms with Crippen molar-refractivity contribution in [1.82, 2.24) is 4.98 Å². The van der Waals surface area contributed by atoms with E-state index in [1.165, 1.54) is 6.07 Å². The van der Waals surface area contributed by atoms with Gasteiger partial charge in [0, 0.05) is 15.9 Å². The Labute approximate surface area is 148 Å². The standard InChI is InChI=1S/C14H11Br2N3O4/c1-8-2-5-12(14(17-8)19(21)22)23-7-13(20)18-11-4-3-9(15)6-10(11)16/h2-6H,7H2,1H3,(H,18,20). The van der Waals surface area contributed by atoms with Crippen LogP contribution in [0.1, 0.15) is 5.69 Å². The van der Waals surface area contributed by atoms with Crippen LogP contribution >= 0.6 is 31.9 Å². The molecule has 1 N–H and O–H groups in total. The van der Waals surface area contributed by atoms with Crippen LogP contribution in [0.2, 0.25) is 0 Å². The van der Waals surface area contributed by atoms with Crippen LogP contribution in [0.15, 0.2) is 39.3 Å². The summed E-state index contributed by atoms with van der Waals surface area (Å²) < 4.78 is 6.77. The minimum Gasteiger partial charge on any atom is -0.476 e. The lowest BCUT2D eigenvalue weighted by Gasteiger charge is -2.09. The van der Waals surface area contributed by atoms with E-state index in [2.05, 4.69) is 42.2 Å². The number of pyridine rings is 1. The number of aryl methyl sites for hydroxylation is 1. The number of ether oxygens (including phenoxy) is 1. The Hall–Kier alpha value is -2.00. The van der Waals surface area contributed by atoms with Gasteiger partial charge in [0.15, 0.2) is 6.61 Å². The molecule has 1 amide bonds. The molecule has 0 radical (unpaired) electrons. The second-order valence-electron chi connectivity index (χ2n) is 4.49. The van der Waals surface area contributed by atoms with E-state index in [1.807, 2.05) is 0 Å². The molecule has 1 heterocycles. The summed E-state index contributed by atoms with van der Waals surface area (Å²) >= 11 is 6.64. The summed E-state index contributed by atoms with van der Waals surface area (Å²) in [5, 5.41) is 13.6. The predicted octanol–water partition coefficient (Wildman–Crippen LogP) is 3.84. The number of carbonyl (C=O) groups excluding carboxylic acids is 1. The first kappa shape index (κ1) is 17.4. The van der Waals surface area contributed by atoms with Crippen LogP contribution in [0.5, 0.6) is 5.75 Å². The number of rotatable bonds is 5. The average Bonchev–Trinajstić information content (AvgIpc) is 2.48. The Morgan fingerprint density at radius 2 is 2.09 bits per heavy atom. The van der Waals surface area contributed by atoms with Gasteiger partial charge in [0.1, 0.15) is 5.69 Å². The SMILES string of the molecule is Cc1ccc(OCC(=O)Nc2ccc(Br)cc2Br)c([N+](=O)[O-])n1. The molecule has 7 nitrogen and oxygen atoms in total. The van der Waals surface area contributed by atoms with Crippen LogP contribution in [0, 0.1) is 17.0 Å². The van der Waals surface area contributed by atoms with Crippen molar-refractivity contribution < 1.29 is 14.5 Å². The summed E-state index contributed by atoms with van der Waals surface area (Å²) in [6.45, 7) is 1.27. The van der Waals surface area contributed by atoms with Crippen molar-refractivity contribution in [3.63, 3.8) is 0 Å². The Morgan fingerprint density at radius 1 is 1.35 bits per heavy atom. The highest BCUT2D eigenvalue weighted by molar-refractivity contribution is 9.11. The number of aromatic nitrogens is 1. The van der Waals surface area contributed by atoms with E-state index in [-0.39, 0.29) is 12.4 Å². The molecule has 0 aliphatic carbocycles. The zero-order valence-electron chi connectivity index (χ0n) is 11.9. The van der Waals surface area contributed by atoms with Gasteiger partial charge >= 0.3 is 5.82 Å². The zero-order valence-corrected chi connectivity index (χ0v) is 15.0. The van der Waals surface area contributed by atoms with Crippen molar-refractivity contribution in [2.24, 2.45) is 0 Å². The highest BCUT2D eigenvalue weighted by atomic mass is 79.9. The minimum atomic E-state index is -0.647. The highest BCUT2D eigenvalue weighted by Crippen LogP contribution is 2.27. The number of nitrogens with zero attached hydrogens (tertiary/aromatic N) is 2. The van der Waals surface area contributed by atoms with E-state index in [9.17, 15) is 14.9 Å². The molecule has 0 unspecified atom stereocenters. The van der Waals surface area contributed by atoms with E-state index in [0.717, 1.165) is 4.47 Å². The maximum atomic E-state index is 11.9. The molecule has 0 atom stereocenters. The third-order valence-electron chi connectivity index (χ3n) is 2.72. The maximum Gasteiger partial charge on any atom is 0.406 e. The number of halogens is 2. The summed E-state index contributed by atoms with van der Waals surface area (Å²) in [7, 11) is 0. The summed E-state index contributed by atoms with van der Waals surface area (Å²) in [6, 6.07) is 8.26. The van der Waals surface area contributed by atoms with Gasteiger partial charge in [-0.2, -0.15) is 0 Å². The first-order valence-electron chi connectivity index (χ1n) is 6.36. The van der Waals surface area contributed by atoms with Gasteiger partial charge in [0.05, 0.1) is 5.69 Å². The van der Waals surface area contributed by atoms with Crippen LogP contribution in [-0.2, 0) is 4.79 Å². The molecule has 0 bridgehead atoms. The lowest BCUT2D eigenvalue weighted by molar-refractivity contribution is -0.390. The Morgan fingerprint density at radius 3 is 2.74 bits per heavy atom. The highest BCUT2D eigenvalue weighted by Gasteiger charge is 2.18. The van der Waals surface area contributed by atoms with Crippen molar-refractivity contribution in [1.29, 1.82) is 0 Å². The molecule has 1 aromatic carbocycles. The summed E-state index contributed by atoms with van der Waals surface area (Å²) in [5.74, 6) is -0.906. The molecule has 120 valence electrons. The van der Waals surface area contributed by atoms with Crippen molar-refractivity contribution in [2.45, 2.75) is 6.92 Å². The molecule has 0 aliphatic rings. The molecule has 0 fully saturated rings. The first-order valence-corrected chi connectivity index (χ1v) is 7.95. The van der Waals surface area contributed by atoms with Gasteiger partial charge in [0.2, 0.25) is 5.75 Å². The average molecular weight is 445 g/mol. The third-order valence-corrected chi connectivity index (χ3v) is 3.86. The summed E-state index contributed by atoms with van der Waals surface area (Å²) in [5.41, 5.74) is 1.06. The van der Waals surface area contributed by atoms with Crippen molar-refractivity contribution in [3.05, 3.63) is 55.1 Å². The van der Waals surface area contributed by atoms with Crippen molar-refractivity contribution in [2.75, 3.05) is 11.9 Å². The predicted molar refractivity (Wildman–Crippen MR) is 91.6 cm³/mol. The number of carbonyl (C=O) groups is 1. The lowest BCUT2D eigenvalue weighted by atomic mass is 10.3. The maximum absolute atomic E-state index is 11.9. The van der Waals surface area contributed by atoms with Crippen molar-refractivity contribution >= 4 is 49.3 Å². The van der Waals surface area contributed by atoms with Gasteiger partial charge in [-0.25, -0.2) is 0 Å². The van der Waals surface area contributed by atoms with E-state index in [4.69, 9.17) is 4.74 Å². The topological polar surface area (TPSA) is 94.4 Å². The molecule has 0 aliphatic heterocycles. The van der Waals surface area contributed by atoms with Gasteiger partial charge < -0.3 is 20.2 Å². The molecule has 0 spiro atoms. The van der Waals surface area contributed by atoms with Gasteiger partial charge in [0.25, 0.3) is 5.91 Å². The molecular weight excluding hydrogens is 434 g/mol. The Bertz CT molecular complexity index is 768. The second kappa shape index (κ2) is 7.51. The van der Waals surface area contributed by atoms with Crippen LogP contribution in [0.25, 0.3) is 0 Å². The first-order chi connectivity index (χ1) is 10.9. The molecule has 2 rings (SSSR count). The monoisotopic (exact) mass is 443 g/mol. The number of amides is 1. The van der Waals surface area contributed by atoms with E-state index in [1.54, 1.807) is 31.2 Å². The molecule has 2 aromatic rings. The van der Waals surface area contributed by atoms with Crippen LogP contribution in [0.3, 0.4) is 0 Å². The zero-order chi connectivity index (χ0) is 17.0. The van der Waals surface area contributed by atoms with Crippen LogP contribution < -0.4 is 10.1 Å². The fraction of sp³-hybridized carbons (Fsp3) is 0.143. The fourth-order valence-electron chi connectivity index (χ4n) is 1.69. The van der Waals surface area contributed by atoms with Crippen LogP contribution in [0.4, 0.5) is 11.5 Å². The number of nitrogens with one attached hydrogen (secondary N) is 1. The van der Waals surface area contributed by atoms with E-state index >= 15 is 0 Å². The van der Waals surface area contributed by atoms with E-state index in [0.29, 0.717) is 15.9 Å². The molecular formula is C14H11Br2N3O4. The molecule has 0 saturated heterocycles. The number of benzene rings is 1. The number of nitro groups is 1. The smallest absolute Gasteiger partial charge is 0.406 e. The third kappa shape index (κ3) is 4.73. The molecule has 0 saturated carbocycles. The minimum absolute atomic E-state index is 0.0504. The Balaban J connectivity index is 2.03. The Kier molecular flexibility index (Phi) is 5.67. The quantitative estimate of drug-likeness (QED) is 0.558. The van der Waals surface area contributed by atoms with Gasteiger partial charge in [-0.15, -0.1) is 0 Å². The lowest BCUT2D eigenvalue weighted by Crippen LogP contribution is -2.20. The van der Waals surface area contributed by atoms with E-state index < -0.39 is 16.6 Å². The van der Waals surface area contributed by atoms with Gasteiger partial charge in [-0.1, -0.05) is 15.9 Å². The largest absolute Gasteiger partial charge is 0.476 e. The number of anilines is 1. The molecule has 23 heavy (non-hydrogen) atoms. The van der Waals surface area contributed by atoms with Gasteiger partial charge in [-0.3, -0.25) is 4.79 Å². The summed E-state index contributed by atoms with van der Waals surface area (Å²) in [4.78, 5) is 26.0. The second-order valence-corrected chi connectivity index (χ2v) is 6.26. The molecule has 1 aromatic heterocycles. The normalized spacial score (nSPS) is 10.2.